The zero-order valence-electron chi connectivity index (χ0n) is 7.08. The number of nitrogens with zero attached hydrogens (tertiary/aromatic N) is 4. The van der Waals surface area contributed by atoms with Crippen LogP contribution in [-0.4, -0.2) is 19.6 Å². The van der Waals surface area contributed by atoms with E-state index in [0.29, 0.717) is 5.82 Å². The zero-order chi connectivity index (χ0) is 10.3. The van der Waals surface area contributed by atoms with Crippen molar-refractivity contribution >= 4 is 17.2 Å². The van der Waals surface area contributed by atoms with Gasteiger partial charge in [0.1, 0.15) is 11.0 Å². The van der Waals surface area contributed by atoms with Gasteiger partial charge in [0.2, 0.25) is 5.82 Å². The van der Waals surface area contributed by atoms with E-state index in [0.717, 1.165) is 0 Å². The van der Waals surface area contributed by atoms with E-state index in [1.54, 1.807) is 6.92 Å². The molecule has 0 aliphatic heterocycles. The van der Waals surface area contributed by atoms with Crippen LogP contribution >= 0.6 is 11.6 Å². The summed E-state index contributed by atoms with van der Waals surface area (Å²) in [7, 11) is 0. The van der Waals surface area contributed by atoms with Gasteiger partial charge in [-0.05, 0) is 6.92 Å². The molecule has 74 valence electrons. The summed E-state index contributed by atoms with van der Waals surface area (Å²) < 4.78 is 26.0. The van der Waals surface area contributed by atoms with Crippen molar-refractivity contribution < 1.29 is 8.78 Å². The summed E-state index contributed by atoms with van der Waals surface area (Å²) in [5, 5.41) is 7.14. The zero-order valence-corrected chi connectivity index (χ0v) is 7.83. The molecule has 2 rings (SSSR count). The van der Waals surface area contributed by atoms with Gasteiger partial charge in [-0.15, -0.1) is 10.2 Å². The van der Waals surface area contributed by atoms with E-state index in [9.17, 15) is 8.78 Å². The highest BCUT2D eigenvalue weighted by Crippen LogP contribution is 2.19. The maximum atomic E-state index is 12.4. The van der Waals surface area contributed by atoms with Crippen LogP contribution in [0.3, 0.4) is 0 Å². The van der Waals surface area contributed by atoms with E-state index in [-0.39, 0.29) is 10.8 Å². The van der Waals surface area contributed by atoms with E-state index in [2.05, 4.69) is 15.2 Å². The second kappa shape index (κ2) is 3.13. The Hall–Kier alpha value is -1.30. The molecule has 0 bridgehead atoms. The first-order valence-corrected chi connectivity index (χ1v) is 4.13. The lowest BCUT2D eigenvalue weighted by Gasteiger charge is -2.01. The first-order chi connectivity index (χ1) is 6.59. The van der Waals surface area contributed by atoms with E-state index >= 15 is 0 Å². The quantitative estimate of drug-likeness (QED) is 0.688. The standard InChI is InChI=1S/C7H5ClF2N4/c1-3-11-4(8)2-5-12-13-7(6(9)10)14(3)5/h2,6H,1H3. The molecule has 0 fully saturated rings. The number of rotatable bonds is 1. The smallest absolute Gasteiger partial charge is 0.262 e. The molecule has 0 radical (unpaired) electrons. The van der Waals surface area contributed by atoms with Gasteiger partial charge in [0.05, 0.1) is 0 Å². The Balaban J connectivity index is 2.79. The first-order valence-electron chi connectivity index (χ1n) is 3.76. The van der Waals surface area contributed by atoms with Crippen LogP contribution in [0.25, 0.3) is 5.65 Å². The highest BCUT2D eigenvalue weighted by Gasteiger charge is 2.17. The summed E-state index contributed by atoms with van der Waals surface area (Å²) in [6, 6.07) is 1.38. The summed E-state index contributed by atoms with van der Waals surface area (Å²) in [5.41, 5.74) is 0.276. The third kappa shape index (κ3) is 1.31. The molecular weight excluding hydrogens is 214 g/mol. The molecule has 0 saturated heterocycles. The van der Waals surface area contributed by atoms with Gasteiger partial charge in [-0.1, -0.05) is 11.6 Å². The van der Waals surface area contributed by atoms with Gasteiger partial charge in [-0.3, -0.25) is 4.40 Å². The van der Waals surface area contributed by atoms with Crippen molar-refractivity contribution in [1.82, 2.24) is 19.6 Å². The van der Waals surface area contributed by atoms with Crippen LogP contribution in [0.4, 0.5) is 8.78 Å². The lowest BCUT2D eigenvalue weighted by molar-refractivity contribution is 0.138. The van der Waals surface area contributed by atoms with Crippen molar-refractivity contribution in [2.45, 2.75) is 13.3 Å². The van der Waals surface area contributed by atoms with Gasteiger partial charge in [-0.25, -0.2) is 13.8 Å². The van der Waals surface area contributed by atoms with Crippen molar-refractivity contribution in [3.05, 3.63) is 22.9 Å². The van der Waals surface area contributed by atoms with E-state index < -0.39 is 12.2 Å². The third-order valence-corrected chi connectivity index (χ3v) is 1.94. The molecule has 2 aromatic rings. The van der Waals surface area contributed by atoms with Crippen LogP contribution in [0.5, 0.6) is 0 Å². The van der Waals surface area contributed by atoms with Gasteiger partial charge in [0.25, 0.3) is 6.43 Å². The third-order valence-electron chi connectivity index (χ3n) is 1.75. The number of halogens is 3. The van der Waals surface area contributed by atoms with Gasteiger partial charge >= 0.3 is 0 Å². The minimum atomic E-state index is -2.67. The molecule has 0 saturated carbocycles. The maximum Gasteiger partial charge on any atom is 0.297 e. The van der Waals surface area contributed by atoms with Crippen molar-refractivity contribution in [2.24, 2.45) is 0 Å². The maximum absolute atomic E-state index is 12.4. The molecule has 4 nitrogen and oxygen atoms in total. The highest BCUT2D eigenvalue weighted by molar-refractivity contribution is 6.29. The fraction of sp³-hybridized carbons (Fsp3) is 0.286. The Bertz CT molecular complexity index is 482. The molecule has 2 aromatic heterocycles. The monoisotopic (exact) mass is 218 g/mol. The Labute approximate surface area is 82.5 Å². The molecule has 0 N–H and O–H groups in total. The summed E-state index contributed by atoms with van der Waals surface area (Å²) in [5.74, 6) is -0.0746. The van der Waals surface area contributed by atoms with Crippen LogP contribution in [0.2, 0.25) is 5.15 Å². The number of hydrogen-bond acceptors (Lipinski definition) is 3. The van der Waals surface area contributed by atoms with Crippen molar-refractivity contribution in [1.29, 1.82) is 0 Å². The summed E-state index contributed by atoms with van der Waals surface area (Å²) in [6.45, 7) is 1.56. The molecule has 0 spiro atoms. The van der Waals surface area contributed by atoms with Gasteiger partial charge in [-0.2, -0.15) is 0 Å². The molecule has 0 amide bonds. The van der Waals surface area contributed by atoms with Gasteiger partial charge < -0.3 is 0 Å². The Morgan fingerprint density at radius 1 is 1.43 bits per heavy atom. The second-order valence-electron chi connectivity index (χ2n) is 2.68. The first kappa shape index (κ1) is 9.26. The van der Waals surface area contributed by atoms with Crippen molar-refractivity contribution in [3.63, 3.8) is 0 Å². The topological polar surface area (TPSA) is 43.1 Å². The van der Waals surface area contributed by atoms with E-state index in [4.69, 9.17) is 11.6 Å². The predicted molar refractivity (Wildman–Crippen MR) is 45.5 cm³/mol. The SMILES string of the molecule is Cc1nc(Cl)cc2nnc(C(F)F)n12. The van der Waals surface area contributed by atoms with Gasteiger partial charge in [0, 0.05) is 6.07 Å². The minimum Gasteiger partial charge on any atom is -0.262 e. The lowest BCUT2D eigenvalue weighted by atomic mass is 10.5. The van der Waals surface area contributed by atoms with E-state index in [1.165, 1.54) is 10.5 Å². The number of hydrogen-bond donors (Lipinski definition) is 0. The molecule has 0 aromatic carbocycles. The predicted octanol–water partition coefficient (Wildman–Crippen LogP) is 2.02. The molecule has 7 heteroatoms. The number of aryl methyl sites for hydroxylation is 1. The Morgan fingerprint density at radius 3 is 2.79 bits per heavy atom. The number of fused-ring (bicyclic) bond motifs is 1. The van der Waals surface area contributed by atoms with Gasteiger partial charge in [0.15, 0.2) is 5.65 Å². The van der Waals surface area contributed by atoms with Crippen LogP contribution in [0.1, 0.15) is 18.1 Å². The largest absolute Gasteiger partial charge is 0.297 e. The average Bonchev–Trinajstić information content (AvgIpc) is 2.47. The summed E-state index contributed by atoms with van der Waals surface area (Å²) >= 11 is 5.63. The Kier molecular flexibility index (Phi) is 2.07. The molecule has 2 heterocycles. The molecular formula is C7H5ClF2N4. The fourth-order valence-electron chi connectivity index (χ4n) is 1.22. The van der Waals surface area contributed by atoms with E-state index in [1.807, 2.05) is 0 Å². The van der Waals surface area contributed by atoms with Crippen LogP contribution in [0.15, 0.2) is 6.07 Å². The summed E-state index contributed by atoms with van der Waals surface area (Å²) in [4.78, 5) is 3.83. The highest BCUT2D eigenvalue weighted by atomic mass is 35.5. The molecule has 0 aliphatic rings. The van der Waals surface area contributed by atoms with Crippen LogP contribution < -0.4 is 0 Å². The fourth-order valence-corrected chi connectivity index (χ4v) is 1.44. The number of alkyl halides is 2. The number of aromatic nitrogens is 4. The second-order valence-corrected chi connectivity index (χ2v) is 3.07. The summed E-state index contributed by atoms with van der Waals surface area (Å²) in [6.07, 6.45) is -2.67. The molecule has 14 heavy (non-hydrogen) atoms. The van der Waals surface area contributed by atoms with Crippen LogP contribution in [-0.2, 0) is 0 Å². The minimum absolute atomic E-state index is 0.211. The van der Waals surface area contributed by atoms with Crippen molar-refractivity contribution in [2.75, 3.05) is 0 Å². The Morgan fingerprint density at radius 2 is 2.14 bits per heavy atom. The lowest BCUT2D eigenvalue weighted by Crippen LogP contribution is -2.01. The molecule has 0 atom stereocenters. The molecule has 0 aliphatic carbocycles. The molecule has 0 unspecified atom stereocenters. The average molecular weight is 219 g/mol. The normalized spacial score (nSPS) is 11.5. The van der Waals surface area contributed by atoms with Crippen LogP contribution in [0, 0.1) is 6.92 Å². The van der Waals surface area contributed by atoms with Crippen molar-refractivity contribution in [3.8, 4) is 0 Å².